The van der Waals surface area contributed by atoms with Crippen LogP contribution in [-0.4, -0.2) is 0 Å². The van der Waals surface area contributed by atoms with Crippen LogP contribution in [0.2, 0.25) is 0 Å². The lowest BCUT2D eigenvalue weighted by molar-refractivity contribution is 0.102. The zero-order valence-corrected chi connectivity index (χ0v) is 24.9. The molecule has 5 unspecified atom stereocenters. The van der Waals surface area contributed by atoms with Gasteiger partial charge in [0.05, 0.1) is 0 Å². The molecular formula is C37H54. The summed E-state index contributed by atoms with van der Waals surface area (Å²) in [5.74, 6) is 4.61. The minimum absolute atomic E-state index is 0.238. The summed E-state index contributed by atoms with van der Waals surface area (Å²) < 4.78 is 0. The van der Waals surface area contributed by atoms with Gasteiger partial charge < -0.3 is 0 Å². The van der Waals surface area contributed by atoms with E-state index in [0.29, 0.717) is 17.8 Å². The first-order valence-corrected chi connectivity index (χ1v) is 15.7. The van der Waals surface area contributed by atoms with Gasteiger partial charge in [-0.15, -0.1) is 6.58 Å². The van der Waals surface area contributed by atoms with E-state index < -0.39 is 0 Å². The second-order valence-corrected chi connectivity index (χ2v) is 15.2. The van der Waals surface area contributed by atoms with Crippen LogP contribution >= 0.6 is 0 Å². The smallest absolute Gasteiger partial charge is 0.00238 e. The molecule has 0 radical (unpaired) electrons. The largest absolute Gasteiger partial charge is 0.103 e. The number of hydrogen-bond acceptors (Lipinski definition) is 0. The summed E-state index contributed by atoms with van der Waals surface area (Å²) in [5.41, 5.74) is 5.89. The summed E-state index contributed by atoms with van der Waals surface area (Å²) in [4.78, 5) is 0. The monoisotopic (exact) mass is 498 g/mol. The molecule has 202 valence electrons. The van der Waals surface area contributed by atoms with Gasteiger partial charge in [0.15, 0.2) is 0 Å². The van der Waals surface area contributed by atoms with Crippen molar-refractivity contribution in [3.63, 3.8) is 0 Å². The molecule has 37 heavy (non-hydrogen) atoms. The molecule has 0 aromatic heterocycles. The van der Waals surface area contributed by atoms with Crippen LogP contribution in [0.5, 0.6) is 0 Å². The zero-order valence-electron chi connectivity index (χ0n) is 24.9. The Kier molecular flexibility index (Phi) is 7.45. The topological polar surface area (TPSA) is 0 Å². The Labute approximate surface area is 229 Å². The molecule has 0 aliphatic heterocycles. The van der Waals surface area contributed by atoms with Crippen molar-refractivity contribution in [1.82, 2.24) is 0 Å². The van der Waals surface area contributed by atoms with Crippen molar-refractivity contribution in [3.8, 4) is 0 Å². The average Bonchev–Trinajstić information content (AvgIpc) is 3.51. The van der Waals surface area contributed by atoms with Crippen LogP contribution in [0, 0.1) is 46.3 Å². The molecular weight excluding hydrogens is 444 g/mol. The van der Waals surface area contributed by atoms with E-state index in [9.17, 15) is 0 Å². The van der Waals surface area contributed by atoms with Crippen molar-refractivity contribution in [2.24, 2.45) is 46.3 Å². The highest BCUT2D eigenvalue weighted by Crippen LogP contribution is 2.66. The summed E-state index contributed by atoms with van der Waals surface area (Å²) >= 11 is 0. The van der Waals surface area contributed by atoms with E-state index >= 15 is 0 Å². The van der Waals surface area contributed by atoms with Gasteiger partial charge in [0, 0.05) is 5.41 Å². The molecule has 2 saturated carbocycles. The second-order valence-electron chi connectivity index (χ2n) is 15.2. The molecule has 0 bridgehead atoms. The molecule has 0 saturated heterocycles. The molecule has 0 nitrogen and oxygen atoms in total. The Morgan fingerprint density at radius 2 is 1.27 bits per heavy atom. The summed E-state index contributed by atoms with van der Waals surface area (Å²) in [6.45, 7) is 18.9. The van der Waals surface area contributed by atoms with Gasteiger partial charge in [-0.3, -0.25) is 0 Å². The molecule has 2 fully saturated rings. The molecule has 0 amide bonds. The number of hydrogen-bond donors (Lipinski definition) is 0. The molecule has 0 heterocycles. The lowest BCUT2D eigenvalue weighted by Gasteiger charge is -2.50. The fourth-order valence-electron chi connectivity index (χ4n) is 9.59. The number of benzene rings is 1. The van der Waals surface area contributed by atoms with E-state index in [-0.39, 0.29) is 16.2 Å². The number of fused-ring (bicyclic) bond motifs is 3. The maximum Gasteiger partial charge on any atom is 0.00238 e. The molecule has 4 aliphatic rings. The van der Waals surface area contributed by atoms with Crippen LogP contribution in [0.25, 0.3) is 0 Å². The van der Waals surface area contributed by atoms with E-state index in [0.717, 1.165) is 24.2 Å². The highest BCUT2D eigenvalue weighted by atomic mass is 14.6. The third kappa shape index (κ3) is 4.85. The predicted octanol–water partition coefficient (Wildman–Crippen LogP) is 10.7. The van der Waals surface area contributed by atoms with Crippen molar-refractivity contribution in [2.45, 2.75) is 111 Å². The highest BCUT2D eigenvalue weighted by Gasteiger charge is 2.60. The molecule has 0 heteroatoms. The van der Waals surface area contributed by atoms with Crippen molar-refractivity contribution in [3.05, 3.63) is 71.8 Å². The van der Waals surface area contributed by atoms with E-state index in [1.807, 2.05) is 0 Å². The molecule has 1 aromatic rings. The molecule has 6 atom stereocenters. The minimum atomic E-state index is 0.238. The fraction of sp³-hybridized carbons (Fsp3) is 0.676. The normalized spacial score (nSPS) is 32.2. The van der Waals surface area contributed by atoms with Gasteiger partial charge in [-0.2, -0.15) is 0 Å². The van der Waals surface area contributed by atoms with Crippen molar-refractivity contribution in [2.75, 3.05) is 0 Å². The van der Waals surface area contributed by atoms with Gasteiger partial charge in [-0.05, 0) is 103 Å². The van der Waals surface area contributed by atoms with Crippen LogP contribution in [0.15, 0.2) is 66.3 Å². The van der Waals surface area contributed by atoms with E-state index in [1.165, 1.54) is 57.8 Å². The summed E-state index contributed by atoms with van der Waals surface area (Å²) in [7, 11) is 0. The minimum Gasteiger partial charge on any atom is -0.103 e. The first-order chi connectivity index (χ1) is 17.6. The highest BCUT2D eigenvalue weighted by molar-refractivity contribution is 5.35. The van der Waals surface area contributed by atoms with E-state index in [4.69, 9.17) is 0 Å². The van der Waals surface area contributed by atoms with Crippen LogP contribution < -0.4 is 0 Å². The fourth-order valence-corrected chi connectivity index (χ4v) is 9.59. The number of allylic oxidation sites excluding steroid dienone is 5. The van der Waals surface area contributed by atoms with Crippen molar-refractivity contribution < 1.29 is 0 Å². The van der Waals surface area contributed by atoms with Gasteiger partial charge in [0.2, 0.25) is 0 Å². The third-order valence-electron chi connectivity index (χ3n) is 11.3. The van der Waals surface area contributed by atoms with Crippen molar-refractivity contribution >= 4 is 0 Å². The Morgan fingerprint density at radius 3 is 1.73 bits per heavy atom. The van der Waals surface area contributed by atoms with Gasteiger partial charge in [-0.25, -0.2) is 0 Å². The second kappa shape index (κ2) is 10.2. The zero-order chi connectivity index (χ0) is 26.4. The van der Waals surface area contributed by atoms with E-state index in [2.05, 4.69) is 96.7 Å². The maximum atomic E-state index is 4.24. The van der Waals surface area contributed by atoms with Crippen LogP contribution in [0.3, 0.4) is 0 Å². The summed E-state index contributed by atoms with van der Waals surface area (Å²) in [6, 6.07) is 11.9. The average molecular weight is 499 g/mol. The SMILES string of the molecule is C=CCCC(c1ccccc1)(C1CCCC1)C1C2C=C(C(C)(C)C)CCC2[C@@H]2CCC(C(C)(C)C)=CC12. The summed E-state index contributed by atoms with van der Waals surface area (Å²) in [6.07, 6.45) is 21.4. The first kappa shape index (κ1) is 27.0. The summed E-state index contributed by atoms with van der Waals surface area (Å²) in [5, 5.41) is 0. The molecule has 1 aromatic carbocycles. The van der Waals surface area contributed by atoms with E-state index in [1.54, 1.807) is 16.7 Å². The standard InChI is InChI=1S/C37H54/c1-8-9-23-37(27-17-13-14-18-27,26-15-11-10-12-16-26)34-32-24-28(35(2,3)4)19-21-30(32)31-22-20-29(25-33(31)34)36(5,6)7/h8,10-12,15-16,24-25,27,30-34H,1,9,13-14,17-23H2,2-7H3/t30-,31?,32?,33?,34?,37?/m0/s1. The molecule has 0 N–H and O–H groups in total. The van der Waals surface area contributed by atoms with Crippen LogP contribution in [-0.2, 0) is 5.41 Å². The predicted molar refractivity (Wildman–Crippen MR) is 161 cm³/mol. The number of rotatable bonds is 6. The Bertz CT molecular complexity index is 956. The van der Waals surface area contributed by atoms with Gasteiger partial charge in [0.1, 0.15) is 0 Å². The maximum absolute atomic E-state index is 4.24. The Hall–Kier alpha value is -1.56. The Morgan fingerprint density at radius 1 is 0.757 bits per heavy atom. The molecule has 4 aliphatic carbocycles. The lowest BCUT2D eigenvalue weighted by Crippen LogP contribution is -2.46. The molecule has 0 spiro atoms. The third-order valence-corrected chi connectivity index (χ3v) is 11.3. The lowest BCUT2D eigenvalue weighted by atomic mass is 9.53. The van der Waals surface area contributed by atoms with Gasteiger partial charge >= 0.3 is 0 Å². The van der Waals surface area contributed by atoms with Gasteiger partial charge in [0.25, 0.3) is 0 Å². The Balaban J connectivity index is 1.75. The first-order valence-electron chi connectivity index (χ1n) is 15.7. The molecule has 5 rings (SSSR count). The van der Waals surface area contributed by atoms with Crippen LogP contribution in [0.4, 0.5) is 0 Å². The van der Waals surface area contributed by atoms with Crippen LogP contribution in [0.1, 0.15) is 111 Å². The quantitative estimate of drug-likeness (QED) is 0.342. The van der Waals surface area contributed by atoms with Gasteiger partial charge in [-0.1, -0.05) is 114 Å². The van der Waals surface area contributed by atoms with Crippen molar-refractivity contribution in [1.29, 1.82) is 0 Å².